The lowest BCUT2D eigenvalue weighted by Crippen LogP contribution is -2.71. The number of aliphatic carboxylic acids is 1. The summed E-state index contributed by atoms with van der Waals surface area (Å²) in [5.74, 6) is -3.29. The Bertz CT molecular complexity index is 1140. The van der Waals surface area contributed by atoms with Gasteiger partial charge in [-0.15, -0.1) is 23.1 Å². The number of carboxylic acid groups (broad SMARTS) is 1. The number of primary amides is 1. The van der Waals surface area contributed by atoms with Gasteiger partial charge in [-0.2, -0.15) is 0 Å². The van der Waals surface area contributed by atoms with E-state index in [1.807, 2.05) is 0 Å². The van der Waals surface area contributed by atoms with Crippen molar-refractivity contribution in [3.8, 4) is 0 Å². The van der Waals surface area contributed by atoms with Crippen molar-refractivity contribution in [2.75, 3.05) is 18.6 Å². The number of amides is 3. The normalized spacial score (nSPS) is 24.5. The molecule has 3 amide bonds. The maximum absolute atomic E-state index is 12.9. The van der Waals surface area contributed by atoms with Gasteiger partial charge in [0, 0.05) is 23.1 Å². The molecule has 4 heterocycles. The van der Waals surface area contributed by atoms with Crippen molar-refractivity contribution in [3.63, 3.8) is 0 Å². The van der Waals surface area contributed by atoms with Gasteiger partial charge in [0.05, 0.1) is 0 Å². The van der Waals surface area contributed by atoms with Crippen LogP contribution in [0.15, 0.2) is 27.0 Å². The van der Waals surface area contributed by atoms with Gasteiger partial charge in [0.1, 0.15) is 35.6 Å². The summed E-state index contributed by atoms with van der Waals surface area (Å²) in [7, 11) is 1.25. The number of thioether (sulfide) groups is 1. The number of carboxylic acids is 1. The molecule has 1 aromatic rings. The van der Waals surface area contributed by atoms with Crippen molar-refractivity contribution in [2.45, 2.75) is 23.9 Å². The molecular weight excluding hydrogens is 478 g/mol. The number of fused-ring (bicyclic) bond motifs is 1. The van der Waals surface area contributed by atoms with E-state index in [0.29, 0.717) is 5.57 Å². The molecule has 3 aliphatic heterocycles. The Labute approximate surface area is 193 Å². The van der Waals surface area contributed by atoms with Crippen molar-refractivity contribution < 1.29 is 34.0 Å². The molecule has 14 nitrogen and oxygen atoms in total. The highest BCUT2D eigenvalue weighted by Gasteiger charge is 2.55. The smallest absolute Gasteiger partial charge is 0.352 e. The third-order valence-electron chi connectivity index (χ3n) is 4.99. The summed E-state index contributed by atoms with van der Waals surface area (Å²) in [6, 6.07) is -1.00. The van der Waals surface area contributed by atoms with Gasteiger partial charge in [0.25, 0.3) is 17.7 Å². The van der Waals surface area contributed by atoms with E-state index in [1.165, 1.54) is 24.3 Å². The van der Waals surface area contributed by atoms with Gasteiger partial charge in [0.15, 0.2) is 16.9 Å². The van der Waals surface area contributed by atoms with Gasteiger partial charge in [-0.05, 0) is 0 Å². The number of nitrogens with one attached hydrogen (secondary N) is 1. The largest absolute Gasteiger partial charge is 0.477 e. The molecule has 4 rings (SSSR count). The highest BCUT2D eigenvalue weighted by Crippen LogP contribution is 2.42. The predicted octanol–water partition coefficient (Wildman–Crippen LogP) is -1.56. The second-order valence-electron chi connectivity index (χ2n) is 6.93. The molecule has 1 saturated heterocycles. The standard InChI is InChI=1S/C17H17N7O7S2/c1-30-23-9(7-4-33-17(19)20-7)13(26)21-10-14(27)24-11(16(28)29)5(3-32-15(10)24)8-2-6(12(18)25)22-31-8/h4,8,10,15H,2-3H2,1H3,(H2,18,25)(H2,19,20)(H,21,26)(H,28,29)/b23-9-/t8-,10?,15?/m0/s1. The molecule has 2 unspecified atom stereocenters. The quantitative estimate of drug-likeness (QED) is 0.194. The van der Waals surface area contributed by atoms with Crippen LogP contribution in [0.25, 0.3) is 0 Å². The SMILES string of the molecule is CO/N=C(\C(=O)NC1C(=O)N2C(C(=O)O)=C([C@@H]3CC(C(N)=O)=NO3)CSC12)c1csc(N)n1. The Hall–Kier alpha value is -3.66. The number of β-lactam (4-membered cyclic amide) rings is 1. The number of carbonyl (C=O) groups is 4. The molecule has 0 aromatic carbocycles. The Kier molecular flexibility index (Phi) is 5.94. The number of hydrogen-bond acceptors (Lipinski definition) is 12. The van der Waals surface area contributed by atoms with Crippen LogP contribution in [0, 0.1) is 0 Å². The first kappa shape index (κ1) is 22.5. The average molecular weight is 495 g/mol. The maximum Gasteiger partial charge on any atom is 0.352 e. The first-order valence-corrected chi connectivity index (χ1v) is 11.2. The van der Waals surface area contributed by atoms with E-state index in [4.69, 9.17) is 21.1 Å². The van der Waals surface area contributed by atoms with Crippen LogP contribution < -0.4 is 16.8 Å². The van der Waals surface area contributed by atoms with E-state index in [9.17, 15) is 24.3 Å². The van der Waals surface area contributed by atoms with E-state index in [2.05, 4.69) is 20.6 Å². The van der Waals surface area contributed by atoms with Crippen molar-refractivity contribution in [3.05, 3.63) is 22.3 Å². The van der Waals surface area contributed by atoms with Crippen LogP contribution in [0.4, 0.5) is 5.13 Å². The van der Waals surface area contributed by atoms with Crippen molar-refractivity contribution >= 4 is 63.3 Å². The first-order valence-electron chi connectivity index (χ1n) is 9.29. The highest BCUT2D eigenvalue weighted by atomic mass is 32.2. The molecule has 0 saturated carbocycles. The molecule has 1 fully saturated rings. The predicted molar refractivity (Wildman–Crippen MR) is 116 cm³/mol. The van der Waals surface area contributed by atoms with Crippen LogP contribution in [-0.2, 0) is 28.9 Å². The summed E-state index contributed by atoms with van der Waals surface area (Å²) in [4.78, 5) is 63.9. The summed E-state index contributed by atoms with van der Waals surface area (Å²) in [6.45, 7) is 0. The lowest BCUT2D eigenvalue weighted by molar-refractivity contribution is -0.150. The molecule has 0 bridgehead atoms. The number of nitrogen functional groups attached to an aromatic ring is 1. The molecule has 1 aromatic heterocycles. The third kappa shape index (κ3) is 3.97. The highest BCUT2D eigenvalue weighted by molar-refractivity contribution is 8.00. The molecule has 0 spiro atoms. The second kappa shape index (κ2) is 8.70. The minimum absolute atomic E-state index is 0.00246. The minimum Gasteiger partial charge on any atom is -0.477 e. The molecule has 174 valence electrons. The molecule has 0 radical (unpaired) electrons. The van der Waals surface area contributed by atoms with Crippen molar-refractivity contribution in [2.24, 2.45) is 16.0 Å². The Morgan fingerprint density at radius 1 is 1.42 bits per heavy atom. The van der Waals surface area contributed by atoms with Crippen LogP contribution >= 0.6 is 23.1 Å². The van der Waals surface area contributed by atoms with E-state index >= 15 is 0 Å². The topological polar surface area (TPSA) is 212 Å². The lowest BCUT2D eigenvalue weighted by Gasteiger charge is -2.49. The fraction of sp³-hybridized carbons (Fsp3) is 0.353. The zero-order valence-electron chi connectivity index (χ0n) is 16.9. The number of aromatic nitrogens is 1. The maximum atomic E-state index is 12.9. The van der Waals surface area contributed by atoms with Gasteiger partial charge >= 0.3 is 5.97 Å². The fourth-order valence-electron chi connectivity index (χ4n) is 3.50. The number of rotatable bonds is 7. The van der Waals surface area contributed by atoms with E-state index in [1.54, 1.807) is 0 Å². The minimum atomic E-state index is -1.34. The zero-order valence-corrected chi connectivity index (χ0v) is 18.5. The molecule has 6 N–H and O–H groups in total. The van der Waals surface area contributed by atoms with E-state index < -0.39 is 41.2 Å². The van der Waals surface area contributed by atoms with Gasteiger partial charge in [-0.25, -0.2) is 9.78 Å². The first-order chi connectivity index (χ1) is 15.7. The molecule has 0 aliphatic carbocycles. The number of carbonyl (C=O) groups excluding carboxylic acids is 3. The lowest BCUT2D eigenvalue weighted by atomic mass is 9.98. The number of thiazole rings is 1. The van der Waals surface area contributed by atoms with Crippen LogP contribution in [0.3, 0.4) is 0 Å². The number of hydrogen-bond donors (Lipinski definition) is 4. The Balaban J connectivity index is 1.53. The van der Waals surface area contributed by atoms with Gasteiger partial charge in [-0.3, -0.25) is 19.3 Å². The molecule has 3 aliphatic rings. The summed E-state index contributed by atoms with van der Waals surface area (Å²) in [5.41, 5.74) is 10.8. The zero-order chi connectivity index (χ0) is 23.9. The fourth-order valence-corrected chi connectivity index (χ4v) is 5.46. The Morgan fingerprint density at radius 2 is 2.18 bits per heavy atom. The average Bonchev–Trinajstić information content (AvgIpc) is 3.43. The number of nitrogens with two attached hydrogens (primary N) is 2. The van der Waals surface area contributed by atoms with Gasteiger partial charge in [-0.1, -0.05) is 10.3 Å². The molecule has 3 atom stereocenters. The van der Waals surface area contributed by atoms with Crippen LogP contribution in [0.5, 0.6) is 0 Å². The number of oxime groups is 2. The third-order valence-corrected chi connectivity index (χ3v) is 6.97. The van der Waals surface area contributed by atoms with Crippen molar-refractivity contribution in [1.82, 2.24) is 15.2 Å². The van der Waals surface area contributed by atoms with Crippen molar-refractivity contribution in [1.29, 1.82) is 0 Å². The summed E-state index contributed by atoms with van der Waals surface area (Å²) in [6.07, 6.45) is -0.827. The second-order valence-corrected chi connectivity index (χ2v) is 8.93. The van der Waals surface area contributed by atoms with Crippen LogP contribution in [-0.4, -0.2) is 80.5 Å². The van der Waals surface area contributed by atoms with Gasteiger partial charge in [0.2, 0.25) is 0 Å². The molecule has 16 heteroatoms. The number of nitrogens with zero attached hydrogens (tertiary/aromatic N) is 4. The van der Waals surface area contributed by atoms with Crippen LogP contribution in [0.2, 0.25) is 0 Å². The van der Waals surface area contributed by atoms with Gasteiger partial charge < -0.3 is 31.6 Å². The Morgan fingerprint density at radius 3 is 2.76 bits per heavy atom. The molecular formula is C17H17N7O7S2. The molecule has 33 heavy (non-hydrogen) atoms. The summed E-state index contributed by atoms with van der Waals surface area (Å²) in [5, 5.41) is 20.7. The summed E-state index contributed by atoms with van der Waals surface area (Å²) < 4.78 is 0. The number of anilines is 1. The van der Waals surface area contributed by atoms with E-state index in [0.717, 1.165) is 16.2 Å². The van der Waals surface area contributed by atoms with Crippen LogP contribution in [0.1, 0.15) is 12.1 Å². The summed E-state index contributed by atoms with van der Waals surface area (Å²) >= 11 is 2.34. The monoisotopic (exact) mass is 495 g/mol. The van der Waals surface area contributed by atoms with E-state index in [-0.39, 0.29) is 40.1 Å².